The molecule has 7 nitrogen and oxygen atoms in total. The van der Waals surface area contributed by atoms with Gasteiger partial charge in [-0.2, -0.15) is 0 Å². The fourth-order valence-corrected chi connectivity index (χ4v) is 5.23. The molecule has 1 amide bonds. The maximum atomic E-state index is 13.4. The summed E-state index contributed by atoms with van der Waals surface area (Å²) in [5.74, 6) is 1.20. The molecule has 2 unspecified atom stereocenters. The second kappa shape index (κ2) is 7.86. The molecular weight excluding hydrogens is 372 g/mol. The summed E-state index contributed by atoms with van der Waals surface area (Å²) in [4.78, 5) is 29.0. The Hall–Kier alpha value is -2.28. The van der Waals surface area contributed by atoms with Crippen LogP contribution in [0.4, 0.5) is 0 Å². The molecule has 7 heteroatoms. The molecule has 1 aromatic carbocycles. The van der Waals surface area contributed by atoms with Crippen LogP contribution < -0.4 is 9.47 Å². The largest absolute Gasteiger partial charge is 0.486 e. The van der Waals surface area contributed by atoms with Gasteiger partial charge in [-0.1, -0.05) is 19.9 Å². The van der Waals surface area contributed by atoms with Crippen molar-refractivity contribution in [1.29, 1.82) is 0 Å². The van der Waals surface area contributed by atoms with Gasteiger partial charge in [0.25, 0.3) is 5.91 Å². The van der Waals surface area contributed by atoms with Crippen LogP contribution in [-0.4, -0.2) is 72.7 Å². The summed E-state index contributed by atoms with van der Waals surface area (Å²) < 4.78 is 11.4. The molecule has 1 aromatic rings. The van der Waals surface area contributed by atoms with Crippen LogP contribution in [0.5, 0.6) is 11.5 Å². The van der Waals surface area contributed by atoms with Crippen LogP contribution in [0, 0.1) is 17.3 Å². The fourth-order valence-electron chi connectivity index (χ4n) is 5.23. The number of hydrogen-bond donors (Lipinski definition) is 1. The lowest BCUT2D eigenvalue weighted by Gasteiger charge is -2.30. The predicted octanol–water partition coefficient (Wildman–Crippen LogP) is 2.35. The van der Waals surface area contributed by atoms with Crippen molar-refractivity contribution in [1.82, 2.24) is 9.80 Å². The van der Waals surface area contributed by atoms with Gasteiger partial charge in [0.1, 0.15) is 13.2 Å². The Bertz CT molecular complexity index is 795. The molecule has 0 radical (unpaired) electrons. The van der Waals surface area contributed by atoms with E-state index in [1.165, 1.54) is 0 Å². The van der Waals surface area contributed by atoms with Crippen LogP contribution in [0.3, 0.4) is 0 Å². The third kappa shape index (κ3) is 3.92. The van der Waals surface area contributed by atoms with E-state index in [-0.39, 0.29) is 17.7 Å². The van der Waals surface area contributed by atoms with E-state index >= 15 is 0 Å². The van der Waals surface area contributed by atoms with E-state index in [1.54, 1.807) is 6.07 Å². The molecule has 1 N–H and O–H groups in total. The Morgan fingerprint density at radius 1 is 1.21 bits per heavy atom. The number of hydrogen-bond acceptors (Lipinski definition) is 5. The van der Waals surface area contributed by atoms with Crippen molar-refractivity contribution in [2.24, 2.45) is 17.3 Å². The zero-order valence-corrected chi connectivity index (χ0v) is 17.2. The maximum Gasteiger partial charge on any atom is 0.303 e. The number of ether oxygens (including phenoxy) is 2. The molecule has 4 rings (SSSR count). The first kappa shape index (κ1) is 20.0. The van der Waals surface area contributed by atoms with Gasteiger partial charge in [-0.05, 0) is 30.4 Å². The average Bonchev–Trinajstić information content (AvgIpc) is 3.18. The molecule has 0 aromatic heterocycles. The quantitative estimate of drug-likeness (QED) is 0.787. The highest BCUT2D eigenvalue weighted by atomic mass is 16.6. The number of benzene rings is 1. The minimum atomic E-state index is -0.770. The van der Waals surface area contributed by atoms with Crippen LogP contribution in [0.2, 0.25) is 0 Å². The van der Waals surface area contributed by atoms with E-state index in [0.717, 1.165) is 19.6 Å². The predicted molar refractivity (Wildman–Crippen MR) is 107 cm³/mol. The molecule has 2 atom stereocenters. The summed E-state index contributed by atoms with van der Waals surface area (Å²) >= 11 is 0. The van der Waals surface area contributed by atoms with Gasteiger partial charge in [0.2, 0.25) is 0 Å². The standard InChI is InChI=1S/C22H30N2O5/c1-15(2)10-23-11-16-12-24(14-22(16,13-23)7-6-19(25)26)21(27)17-4-3-5-18-20(17)29-9-8-28-18/h3-5,15-16H,6-14H2,1-2H3,(H,25,26). The van der Waals surface area contributed by atoms with Crippen molar-refractivity contribution in [3.8, 4) is 11.5 Å². The lowest BCUT2D eigenvalue weighted by molar-refractivity contribution is -0.137. The number of carboxylic acids is 1. The van der Waals surface area contributed by atoms with Crippen molar-refractivity contribution in [3.05, 3.63) is 23.8 Å². The van der Waals surface area contributed by atoms with E-state index < -0.39 is 5.97 Å². The summed E-state index contributed by atoms with van der Waals surface area (Å²) in [5, 5.41) is 9.26. The van der Waals surface area contributed by atoms with Crippen molar-refractivity contribution in [2.75, 3.05) is 45.9 Å². The van der Waals surface area contributed by atoms with Crippen LogP contribution >= 0.6 is 0 Å². The Kier molecular flexibility index (Phi) is 5.42. The molecule has 0 spiro atoms. The Morgan fingerprint density at radius 3 is 2.76 bits per heavy atom. The minimum absolute atomic E-state index is 0.0492. The molecule has 0 saturated carbocycles. The van der Waals surface area contributed by atoms with Gasteiger partial charge in [-0.3, -0.25) is 9.59 Å². The highest BCUT2D eigenvalue weighted by molar-refractivity contribution is 5.98. The van der Waals surface area contributed by atoms with Gasteiger partial charge in [0.15, 0.2) is 11.5 Å². The van der Waals surface area contributed by atoms with Crippen LogP contribution in [0.15, 0.2) is 18.2 Å². The number of carbonyl (C=O) groups is 2. The summed E-state index contributed by atoms with van der Waals surface area (Å²) in [6.07, 6.45) is 0.754. The number of rotatable bonds is 6. The third-order valence-corrected chi connectivity index (χ3v) is 6.37. The first-order chi connectivity index (χ1) is 13.9. The second-order valence-corrected chi connectivity index (χ2v) is 9.06. The molecule has 2 saturated heterocycles. The number of carbonyl (C=O) groups excluding carboxylic acids is 1. The van der Waals surface area contributed by atoms with Crippen molar-refractivity contribution < 1.29 is 24.2 Å². The topological polar surface area (TPSA) is 79.3 Å². The molecule has 29 heavy (non-hydrogen) atoms. The Morgan fingerprint density at radius 2 is 2.00 bits per heavy atom. The molecular formula is C22H30N2O5. The van der Waals surface area contributed by atoms with Crippen LogP contribution in [0.25, 0.3) is 0 Å². The van der Waals surface area contributed by atoms with Gasteiger partial charge in [0.05, 0.1) is 5.56 Å². The number of para-hydroxylation sites is 1. The maximum absolute atomic E-state index is 13.4. The van der Waals surface area contributed by atoms with Gasteiger partial charge in [-0.15, -0.1) is 0 Å². The monoisotopic (exact) mass is 402 g/mol. The zero-order valence-electron chi connectivity index (χ0n) is 17.2. The molecule has 3 heterocycles. The van der Waals surface area contributed by atoms with Crippen molar-refractivity contribution >= 4 is 11.9 Å². The average molecular weight is 402 g/mol. The van der Waals surface area contributed by atoms with Crippen LogP contribution in [0.1, 0.15) is 37.0 Å². The Balaban J connectivity index is 1.54. The number of amides is 1. The lowest BCUT2D eigenvalue weighted by atomic mass is 9.77. The smallest absolute Gasteiger partial charge is 0.303 e. The Labute approximate surface area is 171 Å². The van der Waals surface area contributed by atoms with E-state index in [1.807, 2.05) is 17.0 Å². The molecule has 0 aliphatic carbocycles. The summed E-state index contributed by atoms with van der Waals surface area (Å²) in [5.41, 5.74) is 0.393. The minimum Gasteiger partial charge on any atom is -0.486 e. The SMILES string of the molecule is CC(C)CN1CC2CN(C(=O)c3cccc4c3OCCO4)CC2(CCC(=O)O)C1. The number of carboxylic acid groups (broad SMARTS) is 1. The van der Waals surface area contributed by atoms with Gasteiger partial charge in [-0.25, -0.2) is 0 Å². The fraction of sp³-hybridized carbons (Fsp3) is 0.636. The number of likely N-dealkylation sites (tertiary alicyclic amines) is 2. The lowest BCUT2D eigenvalue weighted by Crippen LogP contribution is -2.38. The molecule has 158 valence electrons. The molecule has 2 fully saturated rings. The summed E-state index contributed by atoms with van der Waals surface area (Å²) in [6, 6.07) is 5.43. The number of nitrogens with zero attached hydrogens (tertiary/aromatic N) is 2. The molecule has 3 aliphatic rings. The second-order valence-electron chi connectivity index (χ2n) is 9.06. The first-order valence-corrected chi connectivity index (χ1v) is 10.5. The van der Waals surface area contributed by atoms with E-state index in [4.69, 9.17) is 9.47 Å². The normalized spacial score (nSPS) is 26.0. The van der Waals surface area contributed by atoms with E-state index in [9.17, 15) is 14.7 Å². The number of aliphatic carboxylic acids is 1. The van der Waals surface area contributed by atoms with E-state index in [0.29, 0.717) is 61.6 Å². The third-order valence-electron chi connectivity index (χ3n) is 6.37. The summed E-state index contributed by atoms with van der Waals surface area (Å²) in [6.45, 7) is 9.39. The highest BCUT2D eigenvalue weighted by Gasteiger charge is 2.53. The summed E-state index contributed by atoms with van der Waals surface area (Å²) in [7, 11) is 0. The van der Waals surface area contributed by atoms with Gasteiger partial charge in [0, 0.05) is 44.6 Å². The van der Waals surface area contributed by atoms with Gasteiger partial charge < -0.3 is 24.4 Å². The first-order valence-electron chi connectivity index (χ1n) is 10.5. The van der Waals surface area contributed by atoms with Gasteiger partial charge >= 0.3 is 5.97 Å². The highest BCUT2D eigenvalue weighted by Crippen LogP contribution is 2.47. The molecule has 3 aliphatic heterocycles. The van der Waals surface area contributed by atoms with Crippen LogP contribution in [-0.2, 0) is 4.79 Å². The van der Waals surface area contributed by atoms with Crippen molar-refractivity contribution in [2.45, 2.75) is 26.7 Å². The zero-order chi connectivity index (χ0) is 20.6. The van der Waals surface area contributed by atoms with Crippen molar-refractivity contribution in [3.63, 3.8) is 0 Å². The molecule has 0 bridgehead atoms. The number of fused-ring (bicyclic) bond motifs is 2. The van der Waals surface area contributed by atoms with E-state index in [2.05, 4.69) is 18.7 Å².